The SMILES string of the molecule is CCOc1ccc2c(c1)CN(C(=O)c1sc(CC(C)C)nc1C)CC2. The smallest absolute Gasteiger partial charge is 0.266 e. The predicted molar refractivity (Wildman–Crippen MR) is 101 cm³/mol. The van der Waals surface area contributed by atoms with E-state index in [-0.39, 0.29) is 5.91 Å². The summed E-state index contributed by atoms with van der Waals surface area (Å²) in [6, 6.07) is 6.22. The second-order valence-corrected chi connectivity index (χ2v) is 8.04. The number of fused-ring (bicyclic) bond motifs is 1. The zero-order chi connectivity index (χ0) is 18.0. The van der Waals surface area contributed by atoms with Crippen molar-refractivity contribution in [3.8, 4) is 5.75 Å². The van der Waals surface area contributed by atoms with Gasteiger partial charge in [0.15, 0.2) is 0 Å². The summed E-state index contributed by atoms with van der Waals surface area (Å²) in [6.07, 6.45) is 1.82. The Labute approximate surface area is 153 Å². The molecule has 1 aromatic heterocycles. The molecule has 0 radical (unpaired) electrons. The van der Waals surface area contributed by atoms with Gasteiger partial charge in [0.25, 0.3) is 5.91 Å². The molecule has 1 amide bonds. The predicted octanol–water partition coefficient (Wildman–Crippen LogP) is 4.25. The van der Waals surface area contributed by atoms with Crippen LogP contribution in [0.2, 0.25) is 0 Å². The molecule has 3 rings (SSSR count). The third-order valence-electron chi connectivity index (χ3n) is 4.41. The van der Waals surface area contributed by atoms with Gasteiger partial charge in [0.05, 0.1) is 17.3 Å². The van der Waals surface area contributed by atoms with Crippen molar-refractivity contribution >= 4 is 17.2 Å². The number of nitrogens with zero attached hydrogens (tertiary/aromatic N) is 2. The third-order valence-corrected chi connectivity index (χ3v) is 5.57. The summed E-state index contributed by atoms with van der Waals surface area (Å²) >= 11 is 1.56. The third kappa shape index (κ3) is 4.03. The van der Waals surface area contributed by atoms with Gasteiger partial charge in [-0.05, 0) is 49.4 Å². The van der Waals surface area contributed by atoms with E-state index in [4.69, 9.17) is 4.74 Å². The number of carbonyl (C=O) groups is 1. The van der Waals surface area contributed by atoms with Crippen LogP contribution in [0.15, 0.2) is 18.2 Å². The fourth-order valence-corrected chi connectivity index (χ4v) is 4.44. The monoisotopic (exact) mass is 358 g/mol. The molecule has 0 atom stereocenters. The number of hydrogen-bond donors (Lipinski definition) is 0. The molecule has 2 heterocycles. The summed E-state index contributed by atoms with van der Waals surface area (Å²) in [4.78, 5) is 20.3. The molecule has 0 saturated carbocycles. The molecule has 25 heavy (non-hydrogen) atoms. The number of thiazole rings is 1. The Morgan fingerprint density at radius 1 is 1.36 bits per heavy atom. The highest BCUT2D eigenvalue weighted by molar-refractivity contribution is 7.13. The van der Waals surface area contributed by atoms with E-state index in [1.807, 2.05) is 24.8 Å². The maximum absolute atomic E-state index is 13.0. The van der Waals surface area contributed by atoms with Crippen LogP contribution in [0, 0.1) is 12.8 Å². The van der Waals surface area contributed by atoms with Crippen LogP contribution in [0.3, 0.4) is 0 Å². The van der Waals surface area contributed by atoms with Crippen molar-refractivity contribution in [1.82, 2.24) is 9.88 Å². The molecular formula is C20H26N2O2S. The lowest BCUT2D eigenvalue weighted by atomic mass is 9.99. The normalized spacial score (nSPS) is 13.9. The van der Waals surface area contributed by atoms with Crippen LogP contribution >= 0.6 is 11.3 Å². The number of aromatic nitrogens is 1. The molecule has 0 bridgehead atoms. The number of rotatable bonds is 5. The number of carbonyl (C=O) groups excluding carboxylic acids is 1. The highest BCUT2D eigenvalue weighted by Gasteiger charge is 2.25. The molecule has 0 aliphatic carbocycles. The molecule has 1 aliphatic heterocycles. The topological polar surface area (TPSA) is 42.4 Å². The van der Waals surface area contributed by atoms with Gasteiger partial charge in [0.1, 0.15) is 10.6 Å². The van der Waals surface area contributed by atoms with Crippen molar-refractivity contribution in [1.29, 1.82) is 0 Å². The van der Waals surface area contributed by atoms with Gasteiger partial charge in [-0.2, -0.15) is 0 Å². The summed E-state index contributed by atoms with van der Waals surface area (Å²) in [7, 11) is 0. The fourth-order valence-electron chi connectivity index (χ4n) is 3.19. The Bertz CT molecular complexity index is 767. The highest BCUT2D eigenvalue weighted by Crippen LogP contribution is 2.27. The summed E-state index contributed by atoms with van der Waals surface area (Å²) in [6.45, 7) is 10.3. The van der Waals surface area contributed by atoms with Gasteiger partial charge in [0, 0.05) is 19.5 Å². The fraction of sp³-hybridized carbons (Fsp3) is 0.500. The highest BCUT2D eigenvalue weighted by atomic mass is 32.1. The number of aryl methyl sites for hydroxylation is 1. The van der Waals surface area contributed by atoms with Gasteiger partial charge in [-0.1, -0.05) is 19.9 Å². The number of amides is 1. The molecule has 1 aromatic carbocycles. The largest absolute Gasteiger partial charge is 0.494 e. The number of ether oxygens (including phenoxy) is 1. The summed E-state index contributed by atoms with van der Waals surface area (Å²) in [5.74, 6) is 1.54. The average Bonchev–Trinajstić information content (AvgIpc) is 2.93. The Kier molecular flexibility index (Phi) is 5.42. The minimum atomic E-state index is 0.109. The average molecular weight is 359 g/mol. The Morgan fingerprint density at radius 2 is 2.16 bits per heavy atom. The molecule has 0 saturated heterocycles. The molecule has 5 heteroatoms. The van der Waals surface area contributed by atoms with Gasteiger partial charge in [-0.25, -0.2) is 4.98 Å². The van der Waals surface area contributed by atoms with Crippen molar-refractivity contribution < 1.29 is 9.53 Å². The molecule has 2 aromatic rings. The van der Waals surface area contributed by atoms with Crippen molar-refractivity contribution in [2.45, 2.75) is 47.1 Å². The van der Waals surface area contributed by atoms with Crippen molar-refractivity contribution in [3.63, 3.8) is 0 Å². The first-order chi connectivity index (χ1) is 12.0. The van der Waals surface area contributed by atoms with Crippen LogP contribution < -0.4 is 4.74 Å². The second kappa shape index (κ2) is 7.56. The number of hydrogen-bond acceptors (Lipinski definition) is 4. The first kappa shape index (κ1) is 17.9. The van der Waals surface area contributed by atoms with E-state index < -0.39 is 0 Å². The first-order valence-electron chi connectivity index (χ1n) is 8.98. The lowest BCUT2D eigenvalue weighted by molar-refractivity contribution is 0.0738. The Balaban J connectivity index is 1.78. The van der Waals surface area contributed by atoms with E-state index in [2.05, 4.69) is 31.0 Å². The van der Waals surface area contributed by atoms with E-state index in [9.17, 15) is 4.79 Å². The van der Waals surface area contributed by atoms with E-state index >= 15 is 0 Å². The Morgan fingerprint density at radius 3 is 2.88 bits per heavy atom. The molecule has 0 spiro atoms. The molecule has 0 fully saturated rings. The summed E-state index contributed by atoms with van der Waals surface area (Å²) in [5.41, 5.74) is 3.36. The van der Waals surface area contributed by atoms with Crippen LogP contribution in [-0.2, 0) is 19.4 Å². The molecule has 134 valence electrons. The lowest BCUT2D eigenvalue weighted by Gasteiger charge is -2.29. The zero-order valence-corrected chi connectivity index (χ0v) is 16.3. The van der Waals surface area contributed by atoms with E-state index in [1.54, 1.807) is 11.3 Å². The lowest BCUT2D eigenvalue weighted by Crippen LogP contribution is -2.35. The van der Waals surface area contributed by atoms with Crippen molar-refractivity contribution in [2.75, 3.05) is 13.2 Å². The van der Waals surface area contributed by atoms with E-state index in [1.165, 1.54) is 11.1 Å². The van der Waals surface area contributed by atoms with E-state index in [0.29, 0.717) is 19.1 Å². The quantitative estimate of drug-likeness (QED) is 0.802. The van der Waals surface area contributed by atoms with Crippen LogP contribution in [0.1, 0.15) is 52.3 Å². The molecule has 1 aliphatic rings. The van der Waals surface area contributed by atoms with Gasteiger partial charge >= 0.3 is 0 Å². The molecular weight excluding hydrogens is 332 g/mol. The Hall–Kier alpha value is -1.88. The number of benzene rings is 1. The van der Waals surface area contributed by atoms with Crippen LogP contribution in [0.4, 0.5) is 0 Å². The summed E-state index contributed by atoms with van der Waals surface area (Å²) in [5, 5.41) is 1.06. The van der Waals surface area contributed by atoms with Crippen LogP contribution in [0.5, 0.6) is 5.75 Å². The van der Waals surface area contributed by atoms with Crippen molar-refractivity contribution in [3.05, 3.63) is 44.9 Å². The van der Waals surface area contributed by atoms with Gasteiger partial charge < -0.3 is 9.64 Å². The van der Waals surface area contributed by atoms with Crippen molar-refractivity contribution in [2.24, 2.45) is 5.92 Å². The molecule has 0 unspecified atom stereocenters. The first-order valence-corrected chi connectivity index (χ1v) is 9.79. The second-order valence-electron chi connectivity index (χ2n) is 6.96. The van der Waals surface area contributed by atoms with E-state index in [0.717, 1.165) is 40.7 Å². The molecule has 0 N–H and O–H groups in total. The van der Waals surface area contributed by atoms with Crippen LogP contribution in [0.25, 0.3) is 0 Å². The summed E-state index contributed by atoms with van der Waals surface area (Å²) < 4.78 is 5.60. The zero-order valence-electron chi connectivity index (χ0n) is 15.5. The minimum absolute atomic E-state index is 0.109. The molecule has 4 nitrogen and oxygen atoms in total. The van der Waals surface area contributed by atoms with Crippen LogP contribution in [-0.4, -0.2) is 28.9 Å². The maximum atomic E-state index is 13.0. The van der Waals surface area contributed by atoms with Gasteiger partial charge in [-0.3, -0.25) is 4.79 Å². The maximum Gasteiger partial charge on any atom is 0.266 e. The van der Waals surface area contributed by atoms with Gasteiger partial charge in [0.2, 0.25) is 0 Å². The van der Waals surface area contributed by atoms with Gasteiger partial charge in [-0.15, -0.1) is 11.3 Å². The minimum Gasteiger partial charge on any atom is -0.494 e. The standard InChI is InChI=1S/C20H26N2O2S/c1-5-24-17-7-6-15-8-9-22(12-16(15)11-17)20(23)19-14(4)21-18(25-19)10-13(2)3/h6-7,11,13H,5,8-10,12H2,1-4H3.